The maximum absolute atomic E-state index is 14.2. The first-order valence-corrected chi connectivity index (χ1v) is 10.9. The van der Waals surface area contributed by atoms with Crippen LogP contribution < -0.4 is 4.74 Å². The van der Waals surface area contributed by atoms with Gasteiger partial charge in [0.25, 0.3) is 0 Å². The van der Waals surface area contributed by atoms with Crippen LogP contribution in [0.2, 0.25) is 0 Å². The standard InChI is InChI=1S/C23H21F2N3O2S/c24-21-11-18(12-22(25)20(21)8-4-10-29)30-15-17-14-27-23(31-19-6-1-2-7-19)28(17)16-5-3-9-26-13-16/h3,5,9,11-14,19,29H,1-2,6-7,10,15H2. The van der Waals surface area contributed by atoms with Crippen LogP contribution in [0.3, 0.4) is 0 Å². The van der Waals surface area contributed by atoms with Crippen molar-refractivity contribution >= 4 is 11.8 Å². The van der Waals surface area contributed by atoms with Crippen molar-refractivity contribution < 1.29 is 18.6 Å². The lowest BCUT2D eigenvalue weighted by molar-refractivity contribution is 0.295. The summed E-state index contributed by atoms with van der Waals surface area (Å²) in [6.45, 7) is -0.398. The number of ether oxygens (including phenoxy) is 1. The van der Waals surface area contributed by atoms with Gasteiger partial charge in [0.15, 0.2) is 5.16 Å². The molecule has 1 aliphatic rings. The van der Waals surface area contributed by atoms with E-state index in [2.05, 4.69) is 21.8 Å². The van der Waals surface area contributed by atoms with E-state index in [-0.39, 0.29) is 12.4 Å². The molecule has 31 heavy (non-hydrogen) atoms. The van der Waals surface area contributed by atoms with Crippen LogP contribution in [0.25, 0.3) is 5.69 Å². The summed E-state index contributed by atoms with van der Waals surface area (Å²) >= 11 is 1.74. The zero-order valence-electron chi connectivity index (χ0n) is 16.7. The molecule has 8 heteroatoms. The van der Waals surface area contributed by atoms with Crippen molar-refractivity contribution in [1.29, 1.82) is 0 Å². The molecular formula is C23H21F2N3O2S. The molecule has 0 spiro atoms. The van der Waals surface area contributed by atoms with Gasteiger partial charge in [0.1, 0.15) is 30.6 Å². The summed E-state index contributed by atoms with van der Waals surface area (Å²) in [6.07, 6.45) is 9.97. The molecule has 5 nitrogen and oxygen atoms in total. The average molecular weight is 442 g/mol. The second-order valence-corrected chi connectivity index (χ2v) is 8.38. The summed E-state index contributed by atoms with van der Waals surface area (Å²) in [5, 5.41) is 10.1. The lowest BCUT2D eigenvalue weighted by Crippen LogP contribution is -2.07. The fraction of sp³-hybridized carbons (Fsp3) is 0.304. The van der Waals surface area contributed by atoms with Crippen LogP contribution in [-0.2, 0) is 6.61 Å². The van der Waals surface area contributed by atoms with Gasteiger partial charge in [-0.3, -0.25) is 9.55 Å². The molecule has 2 heterocycles. The van der Waals surface area contributed by atoms with Crippen molar-refractivity contribution in [2.24, 2.45) is 0 Å². The number of benzene rings is 1. The van der Waals surface area contributed by atoms with E-state index in [1.165, 1.54) is 25.7 Å². The number of hydrogen-bond acceptors (Lipinski definition) is 5. The molecule has 0 bridgehead atoms. The minimum atomic E-state index is -0.839. The van der Waals surface area contributed by atoms with Gasteiger partial charge in [-0.1, -0.05) is 36.4 Å². The maximum atomic E-state index is 14.2. The van der Waals surface area contributed by atoms with Gasteiger partial charge in [-0.05, 0) is 25.0 Å². The monoisotopic (exact) mass is 441 g/mol. The second-order valence-electron chi connectivity index (χ2n) is 7.11. The van der Waals surface area contributed by atoms with Crippen molar-refractivity contribution in [2.45, 2.75) is 42.7 Å². The Labute approximate surface area is 183 Å². The quantitative estimate of drug-likeness (QED) is 0.571. The molecule has 160 valence electrons. The molecule has 0 unspecified atom stereocenters. The Morgan fingerprint density at radius 2 is 1.97 bits per heavy atom. The number of thioether (sulfide) groups is 1. The zero-order chi connectivity index (χ0) is 21.6. The number of pyridine rings is 1. The van der Waals surface area contributed by atoms with Crippen LogP contribution in [0.15, 0.2) is 48.0 Å². The van der Waals surface area contributed by atoms with Crippen LogP contribution in [0.5, 0.6) is 5.75 Å². The largest absolute Gasteiger partial charge is 0.487 e. The predicted octanol–water partition coefficient (Wildman–Crippen LogP) is 4.50. The van der Waals surface area contributed by atoms with Gasteiger partial charge in [-0.15, -0.1) is 0 Å². The van der Waals surface area contributed by atoms with Crippen LogP contribution in [-0.4, -0.2) is 31.5 Å². The molecule has 3 aromatic rings. The molecule has 0 saturated heterocycles. The molecule has 1 fully saturated rings. The van der Waals surface area contributed by atoms with Crippen molar-refractivity contribution in [3.8, 4) is 23.3 Å². The highest BCUT2D eigenvalue weighted by Crippen LogP contribution is 2.35. The minimum Gasteiger partial charge on any atom is -0.487 e. The van der Waals surface area contributed by atoms with Gasteiger partial charge < -0.3 is 9.84 Å². The third-order valence-electron chi connectivity index (χ3n) is 4.98. The van der Waals surface area contributed by atoms with Crippen molar-refractivity contribution in [2.75, 3.05) is 6.61 Å². The first kappa shape index (κ1) is 21.3. The fourth-order valence-corrected chi connectivity index (χ4v) is 4.82. The molecule has 1 saturated carbocycles. The molecule has 0 radical (unpaired) electrons. The molecule has 0 aliphatic heterocycles. The Bertz CT molecular complexity index is 1080. The number of hydrogen-bond donors (Lipinski definition) is 1. The highest BCUT2D eigenvalue weighted by atomic mass is 32.2. The Morgan fingerprint density at radius 1 is 1.19 bits per heavy atom. The van der Waals surface area contributed by atoms with Gasteiger partial charge >= 0.3 is 0 Å². The van der Waals surface area contributed by atoms with E-state index >= 15 is 0 Å². The Hall–Kier alpha value is -2.89. The fourth-order valence-electron chi connectivity index (χ4n) is 3.51. The Kier molecular flexibility index (Phi) is 6.85. The molecule has 1 aliphatic carbocycles. The SMILES string of the molecule is OCC#Cc1c(F)cc(OCc2cnc(SC3CCCC3)n2-c2cccnc2)cc1F. The van der Waals surface area contributed by atoms with Gasteiger partial charge in [0, 0.05) is 23.6 Å². The lowest BCUT2D eigenvalue weighted by atomic mass is 10.2. The van der Waals surface area contributed by atoms with Gasteiger partial charge in [-0.25, -0.2) is 13.8 Å². The van der Waals surface area contributed by atoms with E-state index in [9.17, 15) is 8.78 Å². The average Bonchev–Trinajstić information content (AvgIpc) is 3.42. The second kappa shape index (κ2) is 9.94. The first-order valence-electron chi connectivity index (χ1n) is 10.0. The van der Waals surface area contributed by atoms with E-state index in [1.807, 2.05) is 16.7 Å². The number of aliphatic hydroxyl groups excluding tert-OH is 1. The van der Waals surface area contributed by atoms with E-state index in [0.717, 1.165) is 28.7 Å². The first-order chi connectivity index (χ1) is 15.2. The predicted molar refractivity (Wildman–Crippen MR) is 114 cm³/mol. The molecule has 0 amide bonds. The third-order valence-corrected chi connectivity index (χ3v) is 6.28. The van der Waals surface area contributed by atoms with Crippen molar-refractivity contribution in [1.82, 2.24) is 14.5 Å². The number of nitrogens with zero attached hydrogens (tertiary/aromatic N) is 3. The summed E-state index contributed by atoms with van der Waals surface area (Å²) in [5.74, 6) is 2.89. The van der Waals surface area contributed by atoms with Gasteiger partial charge in [0.05, 0.1) is 29.3 Å². The molecule has 1 N–H and O–H groups in total. The maximum Gasteiger partial charge on any atom is 0.173 e. The van der Waals surface area contributed by atoms with E-state index in [4.69, 9.17) is 9.84 Å². The smallest absolute Gasteiger partial charge is 0.173 e. The van der Waals surface area contributed by atoms with Gasteiger partial charge in [0.2, 0.25) is 0 Å². The summed E-state index contributed by atoms with van der Waals surface area (Å²) in [4.78, 5) is 8.78. The Balaban J connectivity index is 1.58. The molecular weight excluding hydrogens is 420 g/mol. The zero-order valence-corrected chi connectivity index (χ0v) is 17.5. The van der Waals surface area contributed by atoms with Crippen LogP contribution in [0, 0.1) is 23.5 Å². The van der Waals surface area contributed by atoms with Crippen LogP contribution >= 0.6 is 11.8 Å². The molecule has 2 aromatic heterocycles. The minimum absolute atomic E-state index is 0.0495. The molecule has 4 rings (SSSR count). The van der Waals surface area contributed by atoms with E-state index in [0.29, 0.717) is 5.25 Å². The Morgan fingerprint density at radius 3 is 2.65 bits per heavy atom. The molecule has 0 atom stereocenters. The summed E-state index contributed by atoms with van der Waals surface area (Å²) in [5.41, 5.74) is 1.21. The highest BCUT2D eigenvalue weighted by Gasteiger charge is 2.21. The number of aromatic nitrogens is 3. The normalized spacial score (nSPS) is 13.8. The molecule has 1 aromatic carbocycles. The van der Waals surface area contributed by atoms with Crippen LogP contribution in [0.4, 0.5) is 8.78 Å². The van der Waals surface area contributed by atoms with Crippen molar-refractivity contribution in [3.63, 3.8) is 0 Å². The van der Waals surface area contributed by atoms with E-state index in [1.54, 1.807) is 30.4 Å². The topological polar surface area (TPSA) is 60.2 Å². The van der Waals surface area contributed by atoms with Crippen LogP contribution in [0.1, 0.15) is 36.9 Å². The number of imidazole rings is 1. The summed E-state index contributed by atoms with van der Waals surface area (Å²) in [6, 6.07) is 5.96. The lowest BCUT2D eigenvalue weighted by Gasteiger charge is -2.14. The third kappa shape index (κ3) is 5.06. The number of aliphatic hydroxyl groups is 1. The van der Waals surface area contributed by atoms with E-state index < -0.39 is 23.8 Å². The number of halogens is 2. The van der Waals surface area contributed by atoms with Crippen molar-refractivity contribution in [3.05, 3.63) is 65.7 Å². The van der Waals surface area contributed by atoms with Gasteiger partial charge in [-0.2, -0.15) is 0 Å². The number of rotatable bonds is 6. The highest BCUT2D eigenvalue weighted by molar-refractivity contribution is 7.99. The summed E-state index contributed by atoms with van der Waals surface area (Å²) in [7, 11) is 0. The summed E-state index contributed by atoms with van der Waals surface area (Å²) < 4.78 is 36.1.